The van der Waals surface area contributed by atoms with Crippen LogP contribution in [0.1, 0.15) is 96.3 Å². The van der Waals surface area contributed by atoms with Crippen molar-refractivity contribution < 1.29 is 51.4 Å². The summed E-state index contributed by atoms with van der Waals surface area (Å²) in [6, 6.07) is 13.3. The zero-order chi connectivity index (χ0) is 48.0. The van der Waals surface area contributed by atoms with E-state index in [9.17, 15) is 42.0 Å². The van der Waals surface area contributed by atoms with Crippen LogP contribution >= 0.6 is 0 Å². The maximum atomic E-state index is 13.5. The molecule has 19 nitrogen and oxygen atoms in total. The van der Waals surface area contributed by atoms with E-state index in [0.29, 0.717) is 53.3 Å². The maximum absolute atomic E-state index is 13.5. The topological polar surface area (TPSA) is 236 Å². The summed E-state index contributed by atoms with van der Waals surface area (Å²) in [4.78, 5) is 93.3. The number of carbonyl (C=O) groups is 6. The fourth-order valence-corrected chi connectivity index (χ4v) is 9.45. The van der Waals surface area contributed by atoms with Gasteiger partial charge in [-0.25, -0.2) is 18.2 Å². The molecule has 1 fully saturated rings. The van der Waals surface area contributed by atoms with Gasteiger partial charge in [0.25, 0.3) is 17.7 Å². The van der Waals surface area contributed by atoms with Crippen molar-refractivity contribution in [3.8, 4) is 23.0 Å². The van der Waals surface area contributed by atoms with Gasteiger partial charge in [0.2, 0.25) is 21.7 Å². The molecule has 4 heterocycles. The molecule has 2 aliphatic rings. The van der Waals surface area contributed by atoms with Crippen LogP contribution < -0.4 is 30.5 Å². The third kappa shape index (κ3) is 11.0. The van der Waals surface area contributed by atoms with Gasteiger partial charge in [-0.15, -0.1) is 0 Å². The average Bonchev–Trinajstić information content (AvgIpc) is 3.85. The van der Waals surface area contributed by atoms with Crippen LogP contribution in [-0.4, -0.2) is 93.1 Å². The number of hydrogen-bond acceptors (Lipinski definition) is 13. The Labute approximate surface area is 386 Å². The Balaban J connectivity index is 0.789. The molecule has 1 saturated heterocycles. The Morgan fingerprint density at radius 2 is 1.49 bits per heavy atom. The highest BCUT2D eigenvalue weighted by molar-refractivity contribution is 7.90. The molecule has 1 atom stereocenters. The second-order valence-electron chi connectivity index (χ2n) is 16.7. The molecule has 0 aliphatic carbocycles. The summed E-state index contributed by atoms with van der Waals surface area (Å²) in [6.45, 7) is 1.69. The molecule has 3 aromatic carbocycles. The van der Waals surface area contributed by atoms with Gasteiger partial charge in [-0.3, -0.25) is 48.1 Å². The highest BCUT2D eigenvalue weighted by Gasteiger charge is 2.46. The third-order valence-electron chi connectivity index (χ3n) is 11.9. The number of amides is 5. The number of carbonyl (C=O) groups excluding carboxylic acids is 6. The van der Waals surface area contributed by atoms with Gasteiger partial charge in [-0.2, -0.15) is 0 Å². The van der Waals surface area contributed by atoms with E-state index in [1.54, 1.807) is 75.1 Å². The van der Waals surface area contributed by atoms with Crippen molar-refractivity contribution in [3.63, 3.8) is 0 Å². The van der Waals surface area contributed by atoms with E-state index in [4.69, 9.17) is 14.2 Å². The summed E-state index contributed by atoms with van der Waals surface area (Å²) < 4.78 is 49.2. The Morgan fingerprint density at radius 3 is 2.21 bits per heavy atom. The van der Waals surface area contributed by atoms with Crippen molar-refractivity contribution in [1.82, 2.24) is 34.2 Å². The van der Waals surface area contributed by atoms with Crippen LogP contribution in [0.4, 0.5) is 0 Å². The zero-order valence-electron chi connectivity index (χ0n) is 37.8. The molecule has 0 spiro atoms. The van der Waals surface area contributed by atoms with Gasteiger partial charge < -0.3 is 24.1 Å². The lowest BCUT2D eigenvalue weighted by atomic mass is 10.0. The number of aryl methyl sites for hydroxylation is 4. The van der Waals surface area contributed by atoms with E-state index < -0.39 is 45.3 Å². The molecule has 2 aromatic heterocycles. The molecule has 354 valence electrons. The predicted octanol–water partition coefficient (Wildman–Crippen LogP) is 4.35. The summed E-state index contributed by atoms with van der Waals surface area (Å²) in [5, 5.41) is 4.96. The molecule has 0 saturated carbocycles. The Hall–Kier alpha value is -7.09. The number of piperidine rings is 1. The second kappa shape index (κ2) is 20.6. The monoisotopic (exact) mass is 939 g/mol. The van der Waals surface area contributed by atoms with E-state index in [1.807, 2.05) is 0 Å². The number of nitrogens with zero attached hydrogens (tertiary/aromatic N) is 5. The lowest BCUT2D eigenvalue weighted by Crippen LogP contribution is -2.54. The van der Waals surface area contributed by atoms with Crippen molar-refractivity contribution in [2.45, 2.75) is 88.0 Å². The van der Waals surface area contributed by atoms with Crippen LogP contribution in [0.3, 0.4) is 0 Å². The third-order valence-corrected chi connectivity index (χ3v) is 13.4. The predicted molar refractivity (Wildman–Crippen MR) is 243 cm³/mol. The van der Waals surface area contributed by atoms with Crippen molar-refractivity contribution >= 4 is 56.2 Å². The fourth-order valence-electron chi connectivity index (χ4n) is 8.08. The number of hydrogen-bond donors (Lipinski definition) is 2. The molecular weight excluding hydrogens is 887 g/mol. The first-order chi connectivity index (χ1) is 32.0. The molecule has 1 unspecified atom stereocenters. The van der Waals surface area contributed by atoms with Crippen molar-refractivity contribution in [1.29, 1.82) is 0 Å². The first-order valence-electron chi connectivity index (χ1n) is 22.1. The normalized spacial score (nSPS) is 14.9. The van der Waals surface area contributed by atoms with Crippen molar-refractivity contribution in [2.75, 3.05) is 19.8 Å². The van der Waals surface area contributed by atoms with Gasteiger partial charge in [0.05, 0.1) is 27.9 Å². The Bertz CT molecular complexity index is 2910. The minimum atomic E-state index is -3.89. The number of unbranched alkanes of at least 4 members (excludes halogenated alkanes) is 6. The number of ketones is 1. The molecule has 0 bridgehead atoms. The maximum Gasteiger partial charge on any atom is 0.328 e. The van der Waals surface area contributed by atoms with Crippen LogP contribution in [-0.2, 0) is 55.9 Å². The van der Waals surface area contributed by atoms with Crippen LogP contribution in [0, 0.1) is 6.92 Å². The number of Topliss-reactive ketones (excluding diaryl/α,β-unsaturated/α-hetero) is 1. The summed E-state index contributed by atoms with van der Waals surface area (Å²) in [7, 11) is 1.05. The van der Waals surface area contributed by atoms with Gasteiger partial charge >= 0.3 is 5.69 Å². The van der Waals surface area contributed by atoms with Crippen molar-refractivity contribution in [3.05, 3.63) is 93.8 Å². The summed E-state index contributed by atoms with van der Waals surface area (Å²) in [6.07, 6.45) is 7.86. The molecule has 67 heavy (non-hydrogen) atoms. The molecule has 20 heteroatoms. The molecule has 2 aliphatic heterocycles. The number of rotatable bonds is 22. The van der Waals surface area contributed by atoms with Gasteiger partial charge in [0.1, 0.15) is 41.5 Å². The van der Waals surface area contributed by atoms with Crippen LogP contribution in [0.5, 0.6) is 23.0 Å². The zero-order valence-corrected chi connectivity index (χ0v) is 38.6. The van der Waals surface area contributed by atoms with E-state index in [-0.39, 0.29) is 71.1 Å². The Morgan fingerprint density at radius 1 is 0.806 bits per heavy atom. The number of benzene rings is 3. The van der Waals surface area contributed by atoms with E-state index in [1.165, 1.54) is 27.5 Å². The number of fused-ring (bicyclic) bond motifs is 2. The first-order valence-corrected chi connectivity index (χ1v) is 23.7. The number of imidazole rings is 2. The molecule has 0 radical (unpaired) electrons. The molecule has 7 rings (SSSR count). The van der Waals surface area contributed by atoms with Gasteiger partial charge in [0, 0.05) is 64.4 Å². The highest BCUT2D eigenvalue weighted by atomic mass is 32.2. The number of ether oxygens (including phenoxy) is 3. The first kappa shape index (κ1) is 47.9. The number of sulfone groups is 1. The largest absolute Gasteiger partial charge is 0.485 e. The Kier molecular flexibility index (Phi) is 14.7. The van der Waals surface area contributed by atoms with E-state index in [0.717, 1.165) is 43.4 Å². The highest BCUT2D eigenvalue weighted by Crippen LogP contribution is 2.35. The number of aromatic nitrogens is 4. The summed E-state index contributed by atoms with van der Waals surface area (Å²) in [5.74, 6) is -1.82. The standard InChI is InChI=1S/C47H53N7O12S/c1-29-49-42(25-51(29)2)67(62,63)28-30-22-36-37(53(4)47(61)52(36)3)24-39(30)66-33-16-12-15-32(23-33)64-27-41(57)48-21-11-9-7-5-6-8-10-14-31(55)26-65-38-18-13-17-34-43(38)46(60)54(45(34)59)35-19-20-40(56)50-44(35)58/h12-13,15-18,22-25,35H,5-11,14,19-21,26-28H2,1-4H3,(H,48,57)(H,50,56,58). The second-order valence-corrected chi connectivity index (χ2v) is 18.7. The van der Waals surface area contributed by atoms with Crippen LogP contribution in [0.2, 0.25) is 0 Å². The van der Waals surface area contributed by atoms with E-state index >= 15 is 0 Å². The minimum Gasteiger partial charge on any atom is -0.485 e. The fraction of sp³-hybridized carbons (Fsp3) is 0.404. The quantitative estimate of drug-likeness (QED) is 0.0726. The molecule has 5 aromatic rings. The number of nitrogens with one attached hydrogen (secondary N) is 2. The van der Waals surface area contributed by atoms with Crippen molar-refractivity contribution in [2.24, 2.45) is 21.1 Å². The van der Waals surface area contributed by atoms with Gasteiger partial charge in [-0.1, -0.05) is 44.2 Å². The lowest BCUT2D eigenvalue weighted by molar-refractivity contribution is -0.136. The SMILES string of the molecule is Cc1nc(S(=O)(=O)Cc2cc3c(cc2Oc2cccc(OCC(=O)NCCCCCCCCCC(=O)COc4cccc5c4C(=O)N(C4CCC(=O)NC4=O)C5=O)c2)n(C)c(=O)n3C)cn1C. The van der Waals surface area contributed by atoms with Gasteiger partial charge in [0.15, 0.2) is 17.4 Å². The van der Waals surface area contributed by atoms with Gasteiger partial charge in [-0.05, 0) is 56.5 Å². The lowest BCUT2D eigenvalue weighted by Gasteiger charge is -2.27. The molecule has 2 N–H and O–H groups in total. The molecule has 5 amide bonds. The summed E-state index contributed by atoms with van der Waals surface area (Å²) >= 11 is 0. The van der Waals surface area contributed by atoms with Crippen LogP contribution in [0.15, 0.2) is 70.6 Å². The summed E-state index contributed by atoms with van der Waals surface area (Å²) in [5.41, 5.74) is 1.23. The number of imide groups is 2. The average molecular weight is 940 g/mol. The van der Waals surface area contributed by atoms with Crippen LogP contribution in [0.25, 0.3) is 11.0 Å². The van der Waals surface area contributed by atoms with E-state index in [2.05, 4.69) is 15.6 Å². The minimum absolute atomic E-state index is 0.00319. The molecular formula is C47H53N7O12S. The smallest absolute Gasteiger partial charge is 0.328 e.